The number of benzene rings is 2. The Labute approximate surface area is 124 Å². The first-order valence-corrected chi connectivity index (χ1v) is 7.23. The van der Waals surface area contributed by atoms with Gasteiger partial charge >= 0.3 is 0 Å². The van der Waals surface area contributed by atoms with E-state index >= 15 is 0 Å². The molecule has 2 nitrogen and oxygen atoms in total. The van der Waals surface area contributed by atoms with Crippen LogP contribution in [0.3, 0.4) is 0 Å². The predicted molar refractivity (Wildman–Crippen MR) is 86.7 cm³/mol. The number of pyridine rings is 1. The maximum Gasteiger partial charge on any atom is 0.0544 e. The summed E-state index contributed by atoms with van der Waals surface area (Å²) in [7, 11) is 0. The summed E-state index contributed by atoms with van der Waals surface area (Å²) in [6, 6.07) is 16.8. The fourth-order valence-corrected chi connectivity index (χ4v) is 3.16. The molecule has 4 rings (SSSR count). The standard InChI is InChI=1S/C17H11BrN2/c18-15-10-19-9-8-11(15)13-5-3-6-14-12-4-1-2-7-16(12)20-17(13)14/h1-10,20H. The zero-order chi connectivity index (χ0) is 13.5. The van der Waals surface area contributed by atoms with Gasteiger partial charge in [0.15, 0.2) is 0 Å². The van der Waals surface area contributed by atoms with E-state index in [-0.39, 0.29) is 0 Å². The van der Waals surface area contributed by atoms with Crippen molar-refractivity contribution in [2.75, 3.05) is 0 Å². The summed E-state index contributed by atoms with van der Waals surface area (Å²) in [5, 5.41) is 2.51. The van der Waals surface area contributed by atoms with Crippen LogP contribution < -0.4 is 0 Å². The van der Waals surface area contributed by atoms with Crippen LogP contribution in [0.2, 0.25) is 0 Å². The SMILES string of the molecule is Brc1cnccc1-c1cccc2c1[nH]c1ccccc12. The number of fused-ring (bicyclic) bond motifs is 3. The summed E-state index contributed by atoms with van der Waals surface area (Å²) in [5.41, 5.74) is 4.67. The Balaban J connectivity index is 2.13. The van der Waals surface area contributed by atoms with Crippen molar-refractivity contribution in [3.8, 4) is 11.1 Å². The maximum absolute atomic E-state index is 4.14. The first kappa shape index (κ1) is 11.7. The van der Waals surface area contributed by atoms with E-state index in [1.54, 1.807) is 0 Å². The molecule has 0 atom stereocenters. The minimum absolute atomic E-state index is 1.01. The Morgan fingerprint density at radius 3 is 2.60 bits per heavy atom. The topological polar surface area (TPSA) is 28.7 Å². The van der Waals surface area contributed by atoms with E-state index in [9.17, 15) is 0 Å². The molecule has 0 saturated carbocycles. The lowest BCUT2D eigenvalue weighted by Crippen LogP contribution is -1.83. The lowest BCUT2D eigenvalue weighted by Gasteiger charge is -2.05. The second-order valence-corrected chi connectivity index (χ2v) is 5.61. The molecule has 0 spiro atoms. The molecule has 0 fully saturated rings. The van der Waals surface area contributed by atoms with Gasteiger partial charge in [-0.2, -0.15) is 0 Å². The van der Waals surface area contributed by atoms with Crippen molar-refractivity contribution >= 4 is 37.7 Å². The molecule has 0 aliphatic carbocycles. The van der Waals surface area contributed by atoms with Crippen LogP contribution in [0.25, 0.3) is 32.9 Å². The summed E-state index contributed by atoms with van der Waals surface area (Å²) in [4.78, 5) is 7.67. The van der Waals surface area contributed by atoms with Crippen LogP contribution in [0.15, 0.2) is 65.4 Å². The summed E-state index contributed by atoms with van der Waals surface area (Å²) >= 11 is 3.59. The van der Waals surface area contributed by atoms with Gasteiger partial charge < -0.3 is 4.98 Å². The molecule has 0 radical (unpaired) electrons. The summed E-state index contributed by atoms with van der Waals surface area (Å²) in [6.45, 7) is 0. The average molecular weight is 323 g/mol. The molecule has 20 heavy (non-hydrogen) atoms. The number of nitrogens with one attached hydrogen (secondary N) is 1. The van der Waals surface area contributed by atoms with Crippen LogP contribution in [0.1, 0.15) is 0 Å². The second kappa shape index (κ2) is 4.46. The predicted octanol–water partition coefficient (Wildman–Crippen LogP) is 5.15. The molecule has 96 valence electrons. The van der Waals surface area contributed by atoms with Gasteiger partial charge in [-0.3, -0.25) is 4.98 Å². The highest BCUT2D eigenvalue weighted by atomic mass is 79.9. The van der Waals surface area contributed by atoms with Gasteiger partial charge in [0.1, 0.15) is 0 Å². The number of nitrogens with zero attached hydrogens (tertiary/aromatic N) is 1. The third-order valence-electron chi connectivity index (χ3n) is 3.60. The highest BCUT2D eigenvalue weighted by Crippen LogP contribution is 2.35. The lowest BCUT2D eigenvalue weighted by atomic mass is 10.0. The quantitative estimate of drug-likeness (QED) is 0.516. The number of hydrogen-bond donors (Lipinski definition) is 1. The molecule has 0 amide bonds. The summed E-state index contributed by atoms with van der Waals surface area (Å²) < 4.78 is 1.01. The first-order chi connectivity index (χ1) is 9.84. The molecular weight excluding hydrogens is 312 g/mol. The van der Waals surface area contributed by atoms with Gasteiger partial charge in [-0.1, -0.05) is 36.4 Å². The van der Waals surface area contributed by atoms with Crippen LogP contribution in [-0.4, -0.2) is 9.97 Å². The van der Waals surface area contributed by atoms with Gasteiger partial charge in [-0.05, 0) is 28.1 Å². The van der Waals surface area contributed by atoms with Crippen LogP contribution in [-0.2, 0) is 0 Å². The van der Waals surface area contributed by atoms with E-state index in [0.29, 0.717) is 0 Å². The average Bonchev–Trinajstić information content (AvgIpc) is 2.86. The van der Waals surface area contributed by atoms with E-state index < -0.39 is 0 Å². The Hall–Kier alpha value is -2.13. The smallest absolute Gasteiger partial charge is 0.0544 e. The van der Waals surface area contributed by atoms with E-state index in [4.69, 9.17) is 0 Å². The van der Waals surface area contributed by atoms with Crippen molar-refractivity contribution in [1.29, 1.82) is 0 Å². The Kier molecular flexibility index (Phi) is 2.60. The molecule has 4 aromatic rings. The van der Waals surface area contributed by atoms with Gasteiger partial charge in [-0.15, -0.1) is 0 Å². The number of hydrogen-bond acceptors (Lipinski definition) is 1. The number of para-hydroxylation sites is 2. The van der Waals surface area contributed by atoms with Gasteiger partial charge in [0, 0.05) is 44.3 Å². The normalized spacial score (nSPS) is 11.2. The van der Waals surface area contributed by atoms with Crippen molar-refractivity contribution in [3.63, 3.8) is 0 Å². The third kappa shape index (κ3) is 1.67. The zero-order valence-corrected chi connectivity index (χ0v) is 12.2. The molecule has 2 aromatic heterocycles. The highest BCUT2D eigenvalue weighted by Gasteiger charge is 2.10. The zero-order valence-electron chi connectivity index (χ0n) is 10.6. The minimum Gasteiger partial charge on any atom is -0.354 e. The lowest BCUT2D eigenvalue weighted by molar-refractivity contribution is 1.31. The highest BCUT2D eigenvalue weighted by molar-refractivity contribution is 9.10. The second-order valence-electron chi connectivity index (χ2n) is 4.75. The van der Waals surface area contributed by atoms with Crippen molar-refractivity contribution in [2.24, 2.45) is 0 Å². The molecule has 2 aromatic carbocycles. The maximum atomic E-state index is 4.14. The van der Waals surface area contributed by atoms with Crippen LogP contribution >= 0.6 is 15.9 Å². The first-order valence-electron chi connectivity index (χ1n) is 6.44. The van der Waals surface area contributed by atoms with E-state index in [1.807, 2.05) is 18.5 Å². The molecule has 3 heteroatoms. The number of aromatic nitrogens is 2. The molecule has 0 saturated heterocycles. The Morgan fingerprint density at radius 1 is 0.850 bits per heavy atom. The number of halogens is 1. The fourth-order valence-electron chi connectivity index (χ4n) is 2.69. The molecule has 0 unspecified atom stereocenters. The largest absolute Gasteiger partial charge is 0.354 e. The van der Waals surface area contributed by atoms with Crippen molar-refractivity contribution in [2.45, 2.75) is 0 Å². The van der Waals surface area contributed by atoms with Crippen molar-refractivity contribution < 1.29 is 0 Å². The molecule has 0 bridgehead atoms. The molecular formula is C17H11BrN2. The fraction of sp³-hybridized carbons (Fsp3) is 0. The van der Waals surface area contributed by atoms with E-state index in [2.05, 4.69) is 68.4 Å². The number of H-pyrrole nitrogens is 1. The van der Waals surface area contributed by atoms with E-state index in [0.717, 1.165) is 10.0 Å². The molecule has 0 aliphatic rings. The summed E-state index contributed by atoms with van der Waals surface area (Å²) in [6.07, 6.45) is 3.65. The summed E-state index contributed by atoms with van der Waals surface area (Å²) in [5.74, 6) is 0. The van der Waals surface area contributed by atoms with Crippen LogP contribution in [0.5, 0.6) is 0 Å². The van der Waals surface area contributed by atoms with E-state index in [1.165, 1.54) is 27.4 Å². The van der Waals surface area contributed by atoms with Gasteiger partial charge in [0.2, 0.25) is 0 Å². The molecule has 0 aliphatic heterocycles. The monoisotopic (exact) mass is 322 g/mol. The van der Waals surface area contributed by atoms with Gasteiger partial charge in [-0.25, -0.2) is 0 Å². The number of aromatic amines is 1. The molecule has 2 heterocycles. The molecule has 1 N–H and O–H groups in total. The van der Waals surface area contributed by atoms with Gasteiger partial charge in [0.05, 0.1) is 5.52 Å². The third-order valence-corrected chi connectivity index (χ3v) is 4.24. The van der Waals surface area contributed by atoms with Crippen molar-refractivity contribution in [3.05, 3.63) is 65.4 Å². The van der Waals surface area contributed by atoms with Crippen LogP contribution in [0.4, 0.5) is 0 Å². The Morgan fingerprint density at radius 2 is 1.70 bits per heavy atom. The van der Waals surface area contributed by atoms with Crippen LogP contribution in [0, 0.1) is 0 Å². The van der Waals surface area contributed by atoms with Gasteiger partial charge in [0.25, 0.3) is 0 Å². The van der Waals surface area contributed by atoms with Crippen molar-refractivity contribution in [1.82, 2.24) is 9.97 Å². The number of rotatable bonds is 1. The minimum atomic E-state index is 1.01. The Bertz CT molecular complexity index is 924.